The van der Waals surface area contributed by atoms with Crippen LogP contribution in [0.25, 0.3) is 0 Å². The first-order valence-electron chi connectivity index (χ1n) is 10.7. The van der Waals surface area contributed by atoms with Gasteiger partial charge >= 0.3 is 0 Å². The Morgan fingerprint density at radius 2 is 1.84 bits per heavy atom. The second-order valence-electron chi connectivity index (χ2n) is 8.06. The standard InChI is InChI=1S/C25H24ClN5O/c1-3-11-29-12-14-30(15-13-29)24-25(32)31-21-10-9-19(26)16-20(21)22(18-7-5-4-6-8-18)27-17(2)23(31)28-24/h3-10,16,24H,1-2,11-15H2. The van der Waals surface area contributed by atoms with Crippen molar-refractivity contribution in [3.8, 4) is 0 Å². The summed E-state index contributed by atoms with van der Waals surface area (Å²) in [7, 11) is 0. The highest BCUT2D eigenvalue weighted by Crippen LogP contribution is 2.35. The van der Waals surface area contributed by atoms with Crippen molar-refractivity contribution in [2.75, 3.05) is 37.6 Å². The van der Waals surface area contributed by atoms with Crippen molar-refractivity contribution in [1.29, 1.82) is 0 Å². The molecule has 7 heteroatoms. The Hall–Kier alpha value is -3.06. The Morgan fingerprint density at radius 3 is 2.56 bits per heavy atom. The van der Waals surface area contributed by atoms with E-state index in [0.717, 1.165) is 55.2 Å². The van der Waals surface area contributed by atoms with Crippen LogP contribution in [0.15, 0.2) is 83.4 Å². The summed E-state index contributed by atoms with van der Waals surface area (Å²) in [4.78, 5) is 29.4. The van der Waals surface area contributed by atoms with Crippen LogP contribution in [0.4, 0.5) is 5.69 Å². The van der Waals surface area contributed by atoms with Crippen LogP contribution < -0.4 is 4.90 Å². The number of anilines is 1. The normalized spacial score (nSPS) is 21.5. The number of aliphatic imine (C=N–C) groups is 2. The summed E-state index contributed by atoms with van der Waals surface area (Å²) in [6.45, 7) is 12.1. The zero-order valence-electron chi connectivity index (χ0n) is 17.7. The van der Waals surface area contributed by atoms with Gasteiger partial charge in [-0.3, -0.25) is 19.5 Å². The summed E-state index contributed by atoms with van der Waals surface area (Å²) in [5, 5.41) is 0.583. The van der Waals surface area contributed by atoms with Crippen LogP contribution in [0.1, 0.15) is 11.1 Å². The molecule has 0 aliphatic carbocycles. The van der Waals surface area contributed by atoms with E-state index in [1.54, 1.807) is 11.0 Å². The average molecular weight is 446 g/mol. The fourth-order valence-electron chi connectivity index (χ4n) is 4.45. The molecule has 32 heavy (non-hydrogen) atoms. The number of carbonyl (C=O) groups is 1. The van der Waals surface area contributed by atoms with Crippen molar-refractivity contribution in [3.05, 3.63) is 89.6 Å². The number of benzene rings is 2. The third-order valence-electron chi connectivity index (χ3n) is 6.04. The van der Waals surface area contributed by atoms with E-state index < -0.39 is 6.17 Å². The van der Waals surface area contributed by atoms with Crippen LogP contribution >= 0.6 is 11.6 Å². The third-order valence-corrected chi connectivity index (χ3v) is 6.28. The van der Waals surface area contributed by atoms with Gasteiger partial charge in [-0.05, 0) is 18.2 Å². The molecule has 1 unspecified atom stereocenters. The predicted octanol–water partition coefficient (Wildman–Crippen LogP) is 3.58. The lowest BCUT2D eigenvalue weighted by molar-refractivity contribution is -0.122. The minimum atomic E-state index is -0.565. The number of piperazine rings is 1. The fourth-order valence-corrected chi connectivity index (χ4v) is 4.62. The van der Waals surface area contributed by atoms with Crippen LogP contribution in [-0.4, -0.2) is 66.1 Å². The molecule has 0 bridgehead atoms. The Kier molecular flexibility index (Phi) is 5.51. The molecular weight excluding hydrogens is 422 g/mol. The molecule has 0 radical (unpaired) electrons. The first kappa shape index (κ1) is 20.8. The lowest BCUT2D eigenvalue weighted by Gasteiger charge is -2.35. The van der Waals surface area contributed by atoms with Crippen molar-refractivity contribution in [1.82, 2.24) is 9.80 Å². The third kappa shape index (κ3) is 3.60. The van der Waals surface area contributed by atoms with E-state index in [2.05, 4.69) is 23.0 Å². The topological polar surface area (TPSA) is 51.5 Å². The number of hydrogen-bond donors (Lipinski definition) is 0. The maximum atomic E-state index is 13.7. The molecular formula is C25H24ClN5O. The summed E-state index contributed by atoms with van der Waals surface area (Å²) in [5.74, 6) is 0.425. The van der Waals surface area contributed by atoms with E-state index in [4.69, 9.17) is 21.6 Å². The monoisotopic (exact) mass is 445 g/mol. The summed E-state index contributed by atoms with van der Waals surface area (Å²) in [5.41, 5.74) is 3.65. The van der Waals surface area contributed by atoms with Gasteiger partial charge in [0.05, 0.1) is 17.1 Å². The highest BCUT2D eigenvalue weighted by molar-refractivity contribution is 6.35. The lowest BCUT2D eigenvalue weighted by atomic mass is 10.00. The van der Waals surface area contributed by atoms with Crippen LogP contribution in [0.2, 0.25) is 5.02 Å². The van der Waals surface area contributed by atoms with Gasteiger partial charge in [-0.2, -0.15) is 0 Å². The Balaban J connectivity index is 1.54. The molecule has 3 aliphatic heterocycles. The molecule has 0 saturated carbocycles. The van der Waals surface area contributed by atoms with E-state index in [0.29, 0.717) is 16.6 Å². The largest absolute Gasteiger partial charge is 0.297 e. The smallest absolute Gasteiger partial charge is 0.272 e. The molecule has 3 heterocycles. The minimum Gasteiger partial charge on any atom is -0.297 e. The van der Waals surface area contributed by atoms with Gasteiger partial charge in [0.2, 0.25) is 0 Å². The van der Waals surface area contributed by atoms with Crippen molar-refractivity contribution in [2.45, 2.75) is 6.17 Å². The lowest BCUT2D eigenvalue weighted by Crippen LogP contribution is -2.52. The predicted molar refractivity (Wildman–Crippen MR) is 130 cm³/mol. The number of halogens is 1. The van der Waals surface area contributed by atoms with Gasteiger partial charge in [0, 0.05) is 48.9 Å². The Morgan fingerprint density at radius 1 is 1.09 bits per heavy atom. The van der Waals surface area contributed by atoms with Gasteiger partial charge in [0.25, 0.3) is 5.91 Å². The second kappa shape index (κ2) is 8.47. The van der Waals surface area contributed by atoms with Crippen molar-refractivity contribution in [2.24, 2.45) is 9.98 Å². The quantitative estimate of drug-likeness (QED) is 0.676. The molecule has 0 aromatic heterocycles. The summed E-state index contributed by atoms with van der Waals surface area (Å²) in [6.07, 6.45) is 1.35. The number of amidine groups is 1. The number of carbonyl (C=O) groups excluding carboxylic acids is 1. The number of nitrogens with zero attached hydrogens (tertiary/aromatic N) is 5. The molecule has 0 N–H and O–H groups in total. The van der Waals surface area contributed by atoms with Gasteiger partial charge in [-0.25, -0.2) is 9.98 Å². The molecule has 0 spiro atoms. The fraction of sp³-hybridized carbons (Fsp3) is 0.240. The van der Waals surface area contributed by atoms with Crippen LogP contribution in [0.5, 0.6) is 0 Å². The summed E-state index contributed by atoms with van der Waals surface area (Å²) >= 11 is 6.36. The molecule has 1 saturated heterocycles. The highest BCUT2D eigenvalue weighted by atomic mass is 35.5. The zero-order chi connectivity index (χ0) is 22.2. The highest BCUT2D eigenvalue weighted by Gasteiger charge is 2.43. The molecule has 2 aromatic rings. The molecule has 6 nitrogen and oxygen atoms in total. The first-order chi connectivity index (χ1) is 15.6. The molecule has 1 fully saturated rings. The Bertz CT molecular complexity index is 1150. The van der Waals surface area contributed by atoms with E-state index in [1.165, 1.54) is 0 Å². The molecule has 162 valence electrons. The summed E-state index contributed by atoms with van der Waals surface area (Å²) < 4.78 is 0. The van der Waals surface area contributed by atoms with Gasteiger partial charge in [0.1, 0.15) is 0 Å². The van der Waals surface area contributed by atoms with Crippen molar-refractivity contribution >= 4 is 34.7 Å². The van der Waals surface area contributed by atoms with Crippen LogP contribution in [0.3, 0.4) is 0 Å². The second-order valence-corrected chi connectivity index (χ2v) is 8.50. The van der Waals surface area contributed by atoms with Crippen molar-refractivity contribution < 1.29 is 4.79 Å². The van der Waals surface area contributed by atoms with Gasteiger partial charge in [-0.1, -0.05) is 54.6 Å². The molecule has 3 aliphatic rings. The number of hydrogen-bond acceptors (Lipinski definition) is 5. The Labute approximate surface area is 192 Å². The number of amides is 1. The minimum absolute atomic E-state index is 0.0774. The average Bonchev–Trinajstić information content (AvgIpc) is 3.10. The van der Waals surface area contributed by atoms with Gasteiger partial charge in [0.15, 0.2) is 12.0 Å². The SMILES string of the molecule is C=CCN1CCN(C2N=C3C(=C)N=C(c4ccccc4)c4cc(Cl)ccc4N3C2=O)CC1. The number of rotatable bonds is 4. The summed E-state index contributed by atoms with van der Waals surface area (Å²) in [6, 6.07) is 15.4. The maximum absolute atomic E-state index is 13.7. The maximum Gasteiger partial charge on any atom is 0.272 e. The molecule has 5 rings (SSSR count). The van der Waals surface area contributed by atoms with E-state index in [9.17, 15) is 4.79 Å². The van der Waals surface area contributed by atoms with E-state index >= 15 is 0 Å². The van der Waals surface area contributed by atoms with Crippen LogP contribution in [-0.2, 0) is 4.79 Å². The van der Waals surface area contributed by atoms with Gasteiger partial charge in [-0.15, -0.1) is 6.58 Å². The molecule has 1 atom stereocenters. The molecule has 1 amide bonds. The van der Waals surface area contributed by atoms with Gasteiger partial charge < -0.3 is 0 Å². The van der Waals surface area contributed by atoms with Crippen molar-refractivity contribution in [3.63, 3.8) is 0 Å². The molecule has 2 aromatic carbocycles. The first-order valence-corrected chi connectivity index (χ1v) is 11.1. The van der Waals surface area contributed by atoms with E-state index in [-0.39, 0.29) is 5.91 Å². The zero-order valence-corrected chi connectivity index (χ0v) is 18.5. The number of fused-ring (bicyclic) bond motifs is 3. The van der Waals surface area contributed by atoms with E-state index in [1.807, 2.05) is 48.5 Å². The van der Waals surface area contributed by atoms with Crippen LogP contribution in [0, 0.1) is 0 Å².